The summed E-state index contributed by atoms with van der Waals surface area (Å²) in [5, 5.41) is 17.2. The first-order valence-corrected chi connectivity index (χ1v) is 10.4. The van der Waals surface area contributed by atoms with Gasteiger partial charge in [0.25, 0.3) is 5.91 Å². The zero-order valence-corrected chi connectivity index (χ0v) is 16.8. The Morgan fingerprint density at radius 1 is 1.07 bits per heavy atom. The quantitative estimate of drug-likeness (QED) is 0.819. The second-order valence-electron chi connectivity index (χ2n) is 7.93. The van der Waals surface area contributed by atoms with Gasteiger partial charge in [0.05, 0.1) is 5.39 Å². The SMILES string of the molecule is Cn1nc(C(=O)NC2CCN(C(=O)O)CC2)c2ccc(N3CCCCCC3)nc21. The highest BCUT2D eigenvalue weighted by molar-refractivity contribution is 6.04. The van der Waals surface area contributed by atoms with E-state index in [1.54, 1.807) is 4.68 Å². The fourth-order valence-electron chi connectivity index (χ4n) is 4.23. The largest absolute Gasteiger partial charge is 0.465 e. The van der Waals surface area contributed by atoms with Gasteiger partial charge in [-0.25, -0.2) is 14.5 Å². The number of hydrogen-bond donors (Lipinski definition) is 2. The topological polar surface area (TPSA) is 104 Å². The van der Waals surface area contributed by atoms with E-state index in [9.17, 15) is 9.59 Å². The smallest absolute Gasteiger partial charge is 0.407 e. The zero-order chi connectivity index (χ0) is 20.4. The minimum atomic E-state index is -0.906. The van der Waals surface area contributed by atoms with Crippen LogP contribution >= 0.6 is 0 Å². The van der Waals surface area contributed by atoms with Crippen LogP contribution in [-0.2, 0) is 7.05 Å². The second kappa shape index (κ2) is 8.26. The number of carbonyl (C=O) groups is 2. The fourth-order valence-corrected chi connectivity index (χ4v) is 4.23. The van der Waals surface area contributed by atoms with Gasteiger partial charge in [-0.05, 0) is 37.8 Å². The Labute approximate surface area is 169 Å². The van der Waals surface area contributed by atoms with E-state index < -0.39 is 6.09 Å². The number of piperidine rings is 1. The number of hydrogen-bond acceptors (Lipinski definition) is 5. The molecule has 0 bridgehead atoms. The van der Waals surface area contributed by atoms with Crippen LogP contribution in [0.4, 0.5) is 10.6 Å². The van der Waals surface area contributed by atoms with Crippen molar-refractivity contribution in [3.8, 4) is 0 Å². The molecule has 2 N–H and O–H groups in total. The molecule has 156 valence electrons. The number of carbonyl (C=O) groups excluding carboxylic acids is 1. The van der Waals surface area contributed by atoms with Crippen LogP contribution in [0.2, 0.25) is 0 Å². The molecular weight excluding hydrogens is 372 g/mol. The molecule has 4 heterocycles. The molecule has 0 unspecified atom stereocenters. The molecule has 0 saturated carbocycles. The lowest BCUT2D eigenvalue weighted by atomic mass is 10.1. The van der Waals surface area contributed by atoms with E-state index >= 15 is 0 Å². The summed E-state index contributed by atoms with van der Waals surface area (Å²) < 4.78 is 1.67. The number of amides is 2. The van der Waals surface area contributed by atoms with Crippen molar-refractivity contribution in [2.24, 2.45) is 7.05 Å². The van der Waals surface area contributed by atoms with Crippen molar-refractivity contribution in [2.75, 3.05) is 31.1 Å². The van der Waals surface area contributed by atoms with Crippen LogP contribution in [0.15, 0.2) is 12.1 Å². The first-order valence-electron chi connectivity index (χ1n) is 10.4. The lowest BCUT2D eigenvalue weighted by Crippen LogP contribution is -2.46. The number of aryl methyl sites for hydroxylation is 1. The molecule has 2 saturated heterocycles. The molecule has 4 rings (SSSR count). The number of anilines is 1. The fraction of sp³-hybridized carbons (Fsp3) is 0.600. The first-order chi connectivity index (χ1) is 14.0. The summed E-state index contributed by atoms with van der Waals surface area (Å²) in [4.78, 5) is 32.4. The average Bonchev–Trinajstić information content (AvgIpc) is 2.89. The number of carboxylic acid groups (broad SMARTS) is 1. The number of rotatable bonds is 3. The third-order valence-electron chi connectivity index (χ3n) is 5.92. The molecule has 9 nitrogen and oxygen atoms in total. The van der Waals surface area contributed by atoms with Crippen molar-refractivity contribution in [2.45, 2.75) is 44.6 Å². The van der Waals surface area contributed by atoms with E-state index in [1.165, 1.54) is 30.6 Å². The summed E-state index contributed by atoms with van der Waals surface area (Å²) in [5.74, 6) is 0.712. The lowest BCUT2D eigenvalue weighted by molar-refractivity contribution is 0.0903. The molecule has 2 amide bonds. The highest BCUT2D eigenvalue weighted by atomic mass is 16.4. The van der Waals surface area contributed by atoms with Crippen LogP contribution in [0.25, 0.3) is 11.0 Å². The van der Waals surface area contributed by atoms with Gasteiger partial charge >= 0.3 is 6.09 Å². The van der Waals surface area contributed by atoms with Crippen LogP contribution in [0, 0.1) is 0 Å². The summed E-state index contributed by atoms with van der Waals surface area (Å²) >= 11 is 0. The van der Waals surface area contributed by atoms with Crippen LogP contribution in [-0.4, -0.2) is 69.0 Å². The number of nitrogens with one attached hydrogen (secondary N) is 1. The van der Waals surface area contributed by atoms with Crippen LogP contribution in [0.1, 0.15) is 49.0 Å². The highest BCUT2D eigenvalue weighted by Crippen LogP contribution is 2.23. The third-order valence-corrected chi connectivity index (χ3v) is 5.92. The van der Waals surface area contributed by atoms with Gasteiger partial charge in [-0.15, -0.1) is 0 Å². The molecule has 0 radical (unpaired) electrons. The first kappa shape index (κ1) is 19.5. The number of likely N-dealkylation sites (tertiary alicyclic amines) is 1. The van der Waals surface area contributed by atoms with Crippen molar-refractivity contribution < 1.29 is 14.7 Å². The normalized spacial score (nSPS) is 18.7. The Hall–Kier alpha value is -2.84. The average molecular weight is 400 g/mol. The molecular formula is C20H28N6O3. The minimum Gasteiger partial charge on any atom is -0.465 e. The van der Waals surface area contributed by atoms with Gasteiger partial charge in [-0.2, -0.15) is 5.10 Å². The Balaban J connectivity index is 1.49. The minimum absolute atomic E-state index is 0.0421. The number of aromatic nitrogens is 3. The number of fused-ring (bicyclic) bond motifs is 1. The molecule has 0 spiro atoms. The molecule has 0 atom stereocenters. The summed E-state index contributed by atoms with van der Waals surface area (Å²) in [6, 6.07) is 3.88. The van der Waals surface area contributed by atoms with Gasteiger partial charge in [-0.3, -0.25) is 4.79 Å². The second-order valence-corrected chi connectivity index (χ2v) is 7.93. The van der Waals surface area contributed by atoms with Crippen molar-refractivity contribution in [1.29, 1.82) is 0 Å². The van der Waals surface area contributed by atoms with Crippen molar-refractivity contribution in [3.63, 3.8) is 0 Å². The predicted octanol–water partition coefficient (Wildman–Crippen LogP) is 2.22. The lowest BCUT2D eigenvalue weighted by Gasteiger charge is -2.30. The Bertz CT molecular complexity index is 895. The molecule has 29 heavy (non-hydrogen) atoms. The van der Waals surface area contributed by atoms with Gasteiger partial charge in [0.2, 0.25) is 0 Å². The van der Waals surface area contributed by atoms with Crippen molar-refractivity contribution in [1.82, 2.24) is 25.0 Å². The molecule has 0 aromatic carbocycles. The van der Waals surface area contributed by atoms with Gasteiger partial charge in [0.15, 0.2) is 11.3 Å². The number of nitrogens with zero attached hydrogens (tertiary/aromatic N) is 5. The van der Waals surface area contributed by atoms with E-state index in [0.717, 1.165) is 24.3 Å². The molecule has 2 aliphatic heterocycles. The Morgan fingerprint density at radius 3 is 2.41 bits per heavy atom. The number of pyridine rings is 1. The highest BCUT2D eigenvalue weighted by Gasteiger charge is 2.26. The summed E-state index contributed by atoms with van der Waals surface area (Å²) in [5.41, 5.74) is 1.08. The summed E-state index contributed by atoms with van der Waals surface area (Å²) in [7, 11) is 1.81. The van der Waals surface area contributed by atoms with Crippen LogP contribution < -0.4 is 10.2 Å². The maximum absolute atomic E-state index is 12.8. The molecule has 0 aliphatic carbocycles. The molecule has 2 aliphatic rings. The van der Waals surface area contributed by atoms with Gasteiger partial charge in [-0.1, -0.05) is 12.8 Å². The maximum atomic E-state index is 12.8. The van der Waals surface area contributed by atoms with Crippen LogP contribution in [0.5, 0.6) is 0 Å². The van der Waals surface area contributed by atoms with Crippen molar-refractivity contribution in [3.05, 3.63) is 17.8 Å². The molecule has 2 aromatic rings. The molecule has 9 heteroatoms. The van der Waals surface area contributed by atoms with E-state index in [1.807, 2.05) is 19.2 Å². The van der Waals surface area contributed by atoms with E-state index in [0.29, 0.717) is 37.3 Å². The van der Waals surface area contributed by atoms with E-state index in [-0.39, 0.29) is 11.9 Å². The summed E-state index contributed by atoms with van der Waals surface area (Å²) in [6.07, 6.45) is 5.20. The third kappa shape index (κ3) is 4.13. The van der Waals surface area contributed by atoms with Gasteiger partial charge in [0, 0.05) is 39.3 Å². The van der Waals surface area contributed by atoms with Crippen molar-refractivity contribution >= 4 is 28.9 Å². The molecule has 2 aromatic heterocycles. The predicted molar refractivity (Wildman–Crippen MR) is 109 cm³/mol. The Morgan fingerprint density at radius 2 is 1.76 bits per heavy atom. The van der Waals surface area contributed by atoms with E-state index in [4.69, 9.17) is 10.1 Å². The van der Waals surface area contributed by atoms with Gasteiger partial charge in [0.1, 0.15) is 5.82 Å². The van der Waals surface area contributed by atoms with Crippen LogP contribution in [0.3, 0.4) is 0 Å². The summed E-state index contributed by atoms with van der Waals surface area (Å²) in [6.45, 7) is 2.89. The van der Waals surface area contributed by atoms with Gasteiger partial charge < -0.3 is 20.2 Å². The van der Waals surface area contributed by atoms with E-state index in [2.05, 4.69) is 15.3 Å². The standard InChI is InChI=1S/C20H28N6O3/c1-24-18-15(6-7-16(22-18)25-10-4-2-3-5-11-25)17(23-24)19(27)21-14-8-12-26(13-9-14)20(28)29/h6-7,14H,2-5,8-13H2,1H3,(H,21,27)(H,28,29). The molecule has 2 fully saturated rings. The Kier molecular flexibility index (Phi) is 5.55. The maximum Gasteiger partial charge on any atom is 0.407 e. The monoisotopic (exact) mass is 400 g/mol. The zero-order valence-electron chi connectivity index (χ0n) is 16.8.